The highest BCUT2D eigenvalue weighted by molar-refractivity contribution is 8.15. The number of carbonyl (C=O) groups is 2. The minimum Gasteiger partial charge on any atom is -0.313 e. The highest BCUT2D eigenvalue weighted by Gasteiger charge is 2.60. The Kier molecular flexibility index (Phi) is 24.8. The Morgan fingerprint density at radius 2 is 1.13 bits per heavy atom. The summed E-state index contributed by atoms with van der Waals surface area (Å²) >= 11 is 5.71. The van der Waals surface area contributed by atoms with Crippen LogP contribution in [0.2, 0.25) is 0 Å². The first kappa shape index (κ1) is 65.1. The van der Waals surface area contributed by atoms with E-state index in [4.69, 9.17) is 81.2 Å². The Labute approximate surface area is 459 Å². The standard InChI is InChI=1S/C20H19F3N4O2.C16H16ClF3N2O.C4H4N2O.B17/c1-13(2)4-3-8-19(20(21,22)23)15-6-5-14(10-16(15)25-18(29)26-19)11-27-12-24-9-7-17(27)28;1-10(2)4-3-7-15(16(18,19)20)12-6-5-11(9-17)8-13(12)21-14(23)22-15;7-4-1-2-5-3-6-4;1-10-15(11(2)3)17(14(8)9)16(12(4)5)13(6)7/h5-7,9-10,12-13H,4,11H2,1-2H3,(H2,25,26,29);5-6,8,10H,4,9H2,1-2H3,(H2,21,22,23);1-3H,(H,5,6,7);. The molecule has 6 rings (SSSR count). The molecule has 4 amide bonds. The van der Waals surface area contributed by atoms with Crippen LogP contribution in [0.25, 0.3) is 0 Å². The molecule has 0 fully saturated rings. The molecule has 2 atom stereocenters. The Hall–Kier alpha value is -5.17. The van der Waals surface area contributed by atoms with Gasteiger partial charge in [0.05, 0.1) is 19.2 Å². The second-order valence-corrected chi connectivity index (χ2v) is 18.5. The van der Waals surface area contributed by atoms with Crippen LogP contribution in [-0.4, -0.2) is 165 Å². The number of halogens is 7. The highest BCUT2D eigenvalue weighted by atomic mass is 35.5. The monoisotopic (exact) mass is 1030 g/mol. The third kappa shape index (κ3) is 17.7. The minimum absolute atomic E-state index is 0.000591. The van der Waals surface area contributed by atoms with Gasteiger partial charge in [-0.25, -0.2) is 19.6 Å². The Balaban J connectivity index is 0.000000290. The average molecular weight is 1030 g/mol. The van der Waals surface area contributed by atoms with Gasteiger partial charge in [0.15, 0.2) is 0 Å². The fraction of sp³-hybridized carbons (Fsp3) is 0.350. The fourth-order valence-corrected chi connectivity index (χ4v) is 7.78. The number of fused-ring (bicyclic) bond motifs is 2. The third-order valence-electron chi connectivity index (χ3n) is 11.3. The number of hydrogen-bond donors (Lipinski definition) is 5. The Morgan fingerprint density at radius 1 is 0.671 bits per heavy atom. The van der Waals surface area contributed by atoms with Gasteiger partial charge < -0.3 is 26.3 Å². The van der Waals surface area contributed by atoms with Crippen LogP contribution in [-0.2, 0) is 23.5 Å². The van der Waals surface area contributed by atoms with Gasteiger partial charge in [0.1, 0.15) is 0 Å². The van der Waals surface area contributed by atoms with Crippen LogP contribution >= 0.6 is 11.6 Å². The van der Waals surface area contributed by atoms with Crippen molar-refractivity contribution in [1.29, 1.82) is 0 Å². The summed E-state index contributed by atoms with van der Waals surface area (Å²) in [5.41, 5.74) is -5.04. The normalized spacial score (nSPS) is 15.9. The van der Waals surface area contributed by atoms with Crippen LogP contribution < -0.4 is 32.4 Å². The molecule has 4 aromatic rings. The Bertz CT molecular complexity index is 2810. The second-order valence-electron chi connectivity index (χ2n) is 18.2. The summed E-state index contributed by atoms with van der Waals surface area (Å²) in [6.07, 6.45) is -8.20. The summed E-state index contributed by atoms with van der Waals surface area (Å²) < 4.78 is 84.9. The van der Waals surface area contributed by atoms with Gasteiger partial charge in [-0.2, -0.15) is 26.3 Å². The Morgan fingerprint density at radius 3 is 1.49 bits per heavy atom. The highest BCUT2D eigenvalue weighted by Crippen LogP contribution is 2.45. The van der Waals surface area contributed by atoms with Crippen molar-refractivity contribution < 1.29 is 35.9 Å². The number of urea groups is 2. The van der Waals surface area contributed by atoms with Crippen molar-refractivity contribution in [3.8, 4) is 23.7 Å². The van der Waals surface area contributed by atoms with Crippen molar-refractivity contribution in [3.05, 3.63) is 117 Å². The zero-order chi connectivity index (χ0) is 57.3. The third-order valence-corrected chi connectivity index (χ3v) is 11.6. The maximum absolute atomic E-state index is 14.1. The molecule has 2 aromatic carbocycles. The lowest BCUT2D eigenvalue weighted by Gasteiger charge is -2.38. The van der Waals surface area contributed by atoms with Gasteiger partial charge in [0, 0.05) is 187 Å². The molecular weight excluding hydrogens is 990 g/mol. The van der Waals surface area contributed by atoms with E-state index in [9.17, 15) is 45.5 Å². The SMILES string of the molecule is CC(C)CC#CC1(C(F)(F)F)NC(=O)Nc2cc(CCl)ccc21.CC(C)CC#CC1(C(F)(F)F)NC(=O)Nc2cc(Cn3cnccc3=O)ccc21.O=c1ccnc[nH]1.[B][B]B(B([B])[B])B(B([B])[B])B(B([B])[B])B([B])[B]. The summed E-state index contributed by atoms with van der Waals surface area (Å²) in [6.45, 7) is 7.50. The van der Waals surface area contributed by atoms with Gasteiger partial charge in [-0.15, -0.1) is 11.6 Å². The number of anilines is 2. The van der Waals surface area contributed by atoms with Crippen molar-refractivity contribution in [2.24, 2.45) is 11.8 Å². The summed E-state index contributed by atoms with van der Waals surface area (Å²) in [4.78, 5) is 55.7. The molecule has 19 radical (unpaired) electrons. The average Bonchev–Trinajstić information content (AvgIpc) is 3.31. The quantitative estimate of drug-likeness (QED) is 0.0614. The van der Waals surface area contributed by atoms with Crippen LogP contribution in [0.15, 0.2) is 83.2 Å². The number of aromatic nitrogens is 4. The lowest BCUT2D eigenvalue weighted by molar-refractivity contribution is -0.179. The molecule has 12 nitrogen and oxygen atoms in total. The molecule has 363 valence electrons. The van der Waals surface area contributed by atoms with Gasteiger partial charge in [-0.3, -0.25) is 14.2 Å². The van der Waals surface area contributed by atoms with E-state index in [2.05, 4.69) is 49.3 Å². The summed E-state index contributed by atoms with van der Waals surface area (Å²) in [6, 6.07) is 9.10. The molecule has 36 heteroatoms. The molecule has 2 aromatic heterocycles. The number of nitrogens with one attached hydrogen (secondary N) is 5. The molecule has 0 saturated carbocycles. The number of nitrogens with zero attached hydrogens (tertiary/aromatic N) is 3. The first-order chi connectivity index (χ1) is 35.4. The topological polar surface area (TPSA) is 163 Å². The van der Waals surface area contributed by atoms with E-state index in [-0.39, 0.29) is 64.3 Å². The van der Waals surface area contributed by atoms with Crippen molar-refractivity contribution in [1.82, 2.24) is 30.2 Å². The number of H-pyrrole nitrogens is 1. The predicted octanol–water partition coefficient (Wildman–Crippen LogP) is 0.898. The first-order valence-corrected chi connectivity index (χ1v) is 23.7. The van der Waals surface area contributed by atoms with E-state index in [1.165, 1.54) is 85.2 Å². The number of rotatable bonds is 12. The van der Waals surface area contributed by atoms with E-state index < -0.39 is 80.2 Å². The zero-order valence-electron chi connectivity index (χ0n) is 41.8. The van der Waals surface area contributed by atoms with Crippen molar-refractivity contribution in [2.45, 2.75) is 76.4 Å². The van der Waals surface area contributed by atoms with Crippen LogP contribution in [0, 0.1) is 35.5 Å². The zero-order valence-corrected chi connectivity index (χ0v) is 42.6. The van der Waals surface area contributed by atoms with Crippen LogP contribution in [0.4, 0.5) is 47.3 Å². The number of carbonyl (C=O) groups excluding carboxylic acids is 2. The maximum Gasteiger partial charge on any atom is 0.427 e. The van der Waals surface area contributed by atoms with Crippen molar-refractivity contribution in [2.75, 3.05) is 10.6 Å². The molecular formula is C40H39B17ClF6N8O4. The molecule has 2 aliphatic rings. The fourth-order valence-electron chi connectivity index (χ4n) is 7.62. The number of benzene rings is 2. The maximum atomic E-state index is 14.1. The van der Waals surface area contributed by atoms with Gasteiger partial charge in [0.2, 0.25) is 11.1 Å². The molecule has 0 aliphatic carbocycles. The van der Waals surface area contributed by atoms with Crippen molar-refractivity contribution in [3.63, 3.8) is 0 Å². The van der Waals surface area contributed by atoms with Crippen LogP contribution in [0.5, 0.6) is 0 Å². The minimum atomic E-state index is -4.83. The number of hydrogen-bond acceptors (Lipinski definition) is 6. The summed E-state index contributed by atoms with van der Waals surface area (Å²) in [5.74, 6) is 9.97. The molecule has 0 saturated heterocycles. The number of alkyl halides is 7. The molecule has 76 heavy (non-hydrogen) atoms. The molecule has 5 N–H and O–H groups in total. The van der Waals surface area contributed by atoms with Crippen molar-refractivity contribution >= 4 is 156 Å². The van der Waals surface area contributed by atoms with Crippen LogP contribution in [0.3, 0.4) is 0 Å². The number of amides is 4. The molecule has 0 bridgehead atoms. The molecule has 0 spiro atoms. The van der Waals surface area contributed by atoms with E-state index in [0.29, 0.717) is 17.5 Å². The van der Waals surface area contributed by atoms with E-state index in [0.717, 1.165) is 0 Å². The lowest BCUT2D eigenvalue weighted by Crippen LogP contribution is -2.76. The number of aromatic amines is 1. The smallest absolute Gasteiger partial charge is 0.313 e. The van der Waals surface area contributed by atoms with E-state index in [1.54, 1.807) is 0 Å². The first-order valence-electron chi connectivity index (χ1n) is 23.2. The van der Waals surface area contributed by atoms with E-state index in [1.807, 2.05) is 38.3 Å². The van der Waals surface area contributed by atoms with Gasteiger partial charge in [-0.1, -0.05) is 75.6 Å². The van der Waals surface area contributed by atoms with Crippen LogP contribution in [0.1, 0.15) is 62.8 Å². The predicted molar refractivity (Wildman–Crippen MR) is 307 cm³/mol. The van der Waals surface area contributed by atoms with Gasteiger partial charge >= 0.3 is 24.4 Å². The lowest BCUT2D eigenvalue weighted by atomic mass is 8.43. The molecule has 4 heterocycles. The van der Waals surface area contributed by atoms with Gasteiger partial charge in [0.25, 0.3) is 11.1 Å². The second kappa shape index (κ2) is 29.0. The summed E-state index contributed by atoms with van der Waals surface area (Å²) in [5, 5.41) is 8.71. The van der Waals surface area contributed by atoms with E-state index >= 15 is 0 Å². The van der Waals surface area contributed by atoms with Gasteiger partial charge in [-0.05, 0) is 35.1 Å². The largest absolute Gasteiger partial charge is 0.427 e. The molecule has 2 aliphatic heterocycles. The molecule has 2 unspecified atom stereocenters. The summed E-state index contributed by atoms with van der Waals surface area (Å²) in [7, 11) is 52.0.